The first-order valence-corrected chi connectivity index (χ1v) is 12.0. The number of unbranched alkanes of at least 4 members (excludes halogenated alkanes) is 13. The van der Waals surface area contributed by atoms with Gasteiger partial charge in [-0.15, -0.1) is 0 Å². The standard InChI is InChI=1S/C25H45ClN.BrH/c1-4-5-6-7-8-9-10-11-12-13-14-15-16-20-23-27(2,3)25(26)24-21-18-17-19-22-24;/h17-19,21-22,25H,4-16,20,23H2,1-3H3;1H/q+1;/p-1. The molecule has 0 spiro atoms. The lowest BCUT2D eigenvalue weighted by molar-refractivity contribution is -0.907. The van der Waals surface area contributed by atoms with Crippen molar-refractivity contribution in [2.45, 2.75) is 102 Å². The van der Waals surface area contributed by atoms with Gasteiger partial charge in [-0.2, -0.15) is 0 Å². The van der Waals surface area contributed by atoms with E-state index in [-0.39, 0.29) is 22.5 Å². The Morgan fingerprint density at radius 2 is 1.07 bits per heavy atom. The molecule has 28 heavy (non-hydrogen) atoms. The largest absolute Gasteiger partial charge is 1.00 e. The molecule has 1 aromatic carbocycles. The number of alkyl halides is 1. The second kappa shape index (κ2) is 17.8. The molecule has 0 aliphatic carbocycles. The molecule has 0 aliphatic heterocycles. The van der Waals surface area contributed by atoms with Gasteiger partial charge in [0.15, 0.2) is 5.50 Å². The molecular weight excluding hydrogens is 430 g/mol. The zero-order chi connectivity index (χ0) is 19.8. The van der Waals surface area contributed by atoms with Gasteiger partial charge in [0.2, 0.25) is 0 Å². The Bertz CT molecular complexity index is 449. The molecule has 0 bridgehead atoms. The first-order chi connectivity index (χ1) is 13.1. The summed E-state index contributed by atoms with van der Waals surface area (Å²) in [5.41, 5.74) is 1.28. The van der Waals surface area contributed by atoms with E-state index in [1.165, 1.54) is 95.5 Å². The summed E-state index contributed by atoms with van der Waals surface area (Å²) < 4.78 is 0.865. The number of halogens is 2. The molecule has 0 amide bonds. The molecule has 0 heterocycles. The summed E-state index contributed by atoms with van der Waals surface area (Å²) in [4.78, 5) is 0. The van der Waals surface area contributed by atoms with Crippen molar-refractivity contribution in [1.29, 1.82) is 0 Å². The molecule has 0 N–H and O–H groups in total. The molecular formula is C25H45BrClN. The number of hydrogen-bond donors (Lipinski definition) is 0. The average Bonchev–Trinajstić information content (AvgIpc) is 2.68. The predicted octanol–water partition coefficient (Wildman–Crippen LogP) is 5.49. The van der Waals surface area contributed by atoms with E-state index in [9.17, 15) is 0 Å². The van der Waals surface area contributed by atoms with Crippen molar-refractivity contribution in [1.82, 2.24) is 0 Å². The van der Waals surface area contributed by atoms with Crippen LogP contribution in [0, 0.1) is 0 Å². The third-order valence-electron chi connectivity index (χ3n) is 5.78. The topological polar surface area (TPSA) is 0 Å². The first kappa shape index (κ1) is 27.9. The van der Waals surface area contributed by atoms with E-state index >= 15 is 0 Å². The lowest BCUT2D eigenvalue weighted by Crippen LogP contribution is -3.00. The van der Waals surface area contributed by atoms with Crippen molar-refractivity contribution >= 4 is 11.6 Å². The number of hydrogen-bond acceptors (Lipinski definition) is 0. The summed E-state index contributed by atoms with van der Waals surface area (Å²) in [7, 11) is 4.51. The van der Waals surface area contributed by atoms with E-state index in [0.29, 0.717) is 0 Å². The molecule has 1 rings (SSSR count). The van der Waals surface area contributed by atoms with E-state index in [2.05, 4.69) is 51.4 Å². The van der Waals surface area contributed by atoms with E-state index in [4.69, 9.17) is 11.6 Å². The lowest BCUT2D eigenvalue weighted by atomic mass is 10.0. The highest BCUT2D eigenvalue weighted by Crippen LogP contribution is 2.29. The van der Waals surface area contributed by atoms with Crippen LogP contribution < -0.4 is 17.0 Å². The summed E-state index contributed by atoms with van der Waals surface area (Å²) in [5.74, 6) is 0. The maximum Gasteiger partial charge on any atom is 0.190 e. The van der Waals surface area contributed by atoms with Gasteiger partial charge in [-0.1, -0.05) is 126 Å². The van der Waals surface area contributed by atoms with Gasteiger partial charge in [0.25, 0.3) is 0 Å². The summed E-state index contributed by atoms with van der Waals surface area (Å²) in [5, 5.41) is 0. The zero-order valence-electron chi connectivity index (χ0n) is 18.8. The van der Waals surface area contributed by atoms with Crippen molar-refractivity contribution in [2.75, 3.05) is 20.6 Å². The number of nitrogens with zero attached hydrogens (tertiary/aromatic N) is 1. The highest BCUT2D eigenvalue weighted by atomic mass is 79.9. The molecule has 0 aliphatic rings. The normalized spacial score (nSPS) is 12.6. The monoisotopic (exact) mass is 473 g/mol. The van der Waals surface area contributed by atoms with Crippen molar-refractivity contribution in [3.05, 3.63) is 35.9 Å². The van der Waals surface area contributed by atoms with Crippen LogP contribution in [0.15, 0.2) is 30.3 Å². The molecule has 0 radical (unpaired) electrons. The van der Waals surface area contributed by atoms with Crippen molar-refractivity contribution in [2.24, 2.45) is 0 Å². The van der Waals surface area contributed by atoms with Crippen LogP contribution in [0.4, 0.5) is 0 Å². The smallest absolute Gasteiger partial charge is 0.190 e. The maximum atomic E-state index is 6.73. The third kappa shape index (κ3) is 13.2. The minimum atomic E-state index is 0. The maximum absolute atomic E-state index is 6.73. The van der Waals surface area contributed by atoms with Gasteiger partial charge < -0.3 is 21.5 Å². The van der Waals surface area contributed by atoms with Crippen LogP contribution in [0.1, 0.15) is 108 Å². The molecule has 3 heteroatoms. The van der Waals surface area contributed by atoms with Gasteiger partial charge in [0, 0.05) is 5.56 Å². The van der Waals surface area contributed by atoms with Crippen LogP contribution in [-0.4, -0.2) is 25.1 Å². The summed E-state index contributed by atoms with van der Waals surface area (Å²) in [6.45, 7) is 3.44. The SMILES string of the molecule is CCCCCCCCCCCCCCCC[N+](C)(C)C(Cl)c1ccccc1.[Br-]. The summed E-state index contributed by atoms with van der Waals surface area (Å²) in [6.07, 6.45) is 19.8. The fourth-order valence-electron chi connectivity index (χ4n) is 3.84. The minimum absolute atomic E-state index is 0. The van der Waals surface area contributed by atoms with Gasteiger partial charge >= 0.3 is 0 Å². The zero-order valence-corrected chi connectivity index (χ0v) is 21.1. The molecule has 0 saturated heterocycles. The van der Waals surface area contributed by atoms with Crippen LogP contribution in [0.3, 0.4) is 0 Å². The van der Waals surface area contributed by atoms with Gasteiger partial charge in [-0.3, -0.25) is 0 Å². The predicted molar refractivity (Wildman–Crippen MR) is 122 cm³/mol. The lowest BCUT2D eigenvalue weighted by Gasteiger charge is -2.34. The van der Waals surface area contributed by atoms with E-state index < -0.39 is 0 Å². The summed E-state index contributed by atoms with van der Waals surface area (Å²) >= 11 is 6.73. The molecule has 164 valence electrons. The van der Waals surface area contributed by atoms with Gasteiger partial charge in [-0.25, -0.2) is 0 Å². The fourth-order valence-corrected chi connectivity index (χ4v) is 4.09. The Hall–Kier alpha value is -0.0500. The van der Waals surface area contributed by atoms with Crippen molar-refractivity contribution < 1.29 is 21.5 Å². The van der Waals surface area contributed by atoms with Crippen molar-refractivity contribution in [3.63, 3.8) is 0 Å². The minimum Gasteiger partial charge on any atom is -1.00 e. The second-order valence-corrected chi connectivity index (χ2v) is 9.26. The molecule has 1 nitrogen and oxygen atoms in total. The van der Waals surface area contributed by atoms with Gasteiger partial charge in [0.05, 0.1) is 20.6 Å². The number of rotatable bonds is 17. The quantitative estimate of drug-likeness (QED) is 0.121. The van der Waals surface area contributed by atoms with Crippen LogP contribution in [0.5, 0.6) is 0 Å². The molecule has 1 unspecified atom stereocenters. The molecule has 0 aromatic heterocycles. The Morgan fingerprint density at radius 1 is 0.679 bits per heavy atom. The molecule has 1 atom stereocenters. The summed E-state index contributed by atoms with van der Waals surface area (Å²) in [6, 6.07) is 10.5. The second-order valence-electron chi connectivity index (χ2n) is 8.84. The van der Waals surface area contributed by atoms with E-state index in [1.807, 2.05) is 0 Å². The highest BCUT2D eigenvalue weighted by molar-refractivity contribution is 6.19. The van der Waals surface area contributed by atoms with Crippen LogP contribution in [0.2, 0.25) is 0 Å². The average molecular weight is 475 g/mol. The van der Waals surface area contributed by atoms with Gasteiger partial charge in [0.1, 0.15) is 0 Å². The Labute approximate surface area is 191 Å². The fraction of sp³-hybridized carbons (Fsp3) is 0.760. The van der Waals surface area contributed by atoms with Crippen molar-refractivity contribution in [3.8, 4) is 0 Å². The highest BCUT2D eigenvalue weighted by Gasteiger charge is 2.26. The Morgan fingerprint density at radius 3 is 1.50 bits per heavy atom. The van der Waals surface area contributed by atoms with Gasteiger partial charge in [-0.05, 0) is 12.8 Å². The van der Waals surface area contributed by atoms with E-state index in [0.717, 1.165) is 11.0 Å². The number of quaternary nitrogens is 1. The van der Waals surface area contributed by atoms with E-state index in [1.54, 1.807) is 0 Å². The van der Waals surface area contributed by atoms with Crippen LogP contribution in [0.25, 0.3) is 0 Å². The Kier molecular flexibility index (Phi) is 17.7. The van der Waals surface area contributed by atoms with Crippen LogP contribution >= 0.6 is 11.6 Å². The first-order valence-electron chi connectivity index (χ1n) is 11.6. The van der Waals surface area contributed by atoms with Crippen LogP contribution in [-0.2, 0) is 0 Å². The molecule has 1 aromatic rings. The Balaban J connectivity index is 0.00000729. The number of benzene rings is 1. The third-order valence-corrected chi connectivity index (χ3v) is 6.56. The molecule has 0 saturated carbocycles. The molecule has 0 fully saturated rings.